The smallest absolute Gasteiger partial charge is 0.329 e. The van der Waals surface area contributed by atoms with Crippen molar-refractivity contribution in [3.8, 4) is 18.1 Å². The van der Waals surface area contributed by atoms with Gasteiger partial charge in [0.25, 0.3) is 0 Å². The van der Waals surface area contributed by atoms with E-state index < -0.39 is 11.8 Å². The van der Waals surface area contributed by atoms with Crippen LogP contribution in [0.5, 0.6) is 5.75 Å². The van der Waals surface area contributed by atoms with Crippen molar-refractivity contribution in [1.82, 2.24) is 10.7 Å². The minimum atomic E-state index is -0.850. The zero-order valence-electron chi connectivity index (χ0n) is 16.6. The van der Waals surface area contributed by atoms with Crippen molar-refractivity contribution >= 4 is 28.8 Å². The average molecular weight is 395 g/mol. The Labute approximate surface area is 170 Å². The van der Waals surface area contributed by atoms with Gasteiger partial charge in [-0.1, -0.05) is 36.3 Å². The number of nitrogens with zero attached hydrogens (tertiary/aromatic N) is 1. The number of carbonyl (C=O) groups excluding carboxylic acids is 2. The number of hydrogen-bond acceptors (Lipinski definition) is 5. The van der Waals surface area contributed by atoms with Crippen molar-refractivity contribution in [3.05, 3.63) is 42.0 Å². The summed E-state index contributed by atoms with van der Waals surface area (Å²) >= 11 is 0. The molecule has 0 bridgehead atoms. The van der Waals surface area contributed by atoms with Gasteiger partial charge in [-0.3, -0.25) is 9.59 Å². The molecule has 0 heterocycles. The lowest BCUT2D eigenvalue weighted by Crippen LogP contribution is -2.38. The van der Waals surface area contributed by atoms with Gasteiger partial charge in [-0.2, -0.15) is 5.10 Å². The van der Waals surface area contributed by atoms with Crippen LogP contribution in [-0.4, -0.2) is 43.9 Å². The van der Waals surface area contributed by atoms with E-state index in [0.29, 0.717) is 30.9 Å². The monoisotopic (exact) mass is 395 g/mol. The summed E-state index contributed by atoms with van der Waals surface area (Å²) in [7, 11) is 0. The van der Waals surface area contributed by atoms with Crippen molar-refractivity contribution in [3.63, 3.8) is 0 Å². The SMILES string of the molecule is C#CCOc1ccc2ccccc2c1/C=N\NC(=O)C(=O)NCCCOC(C)C. The van der Waals surface area contributed by atoms with E-state index in [4.69, 9.17) is 15.9 Å². The molecule has 152 valence electrons. The number of ether oxygens (including phenoxy) is 2. The van der Waals surface area contributed by atoms with Crippen molar-refractivity contribution in [2.24, 2.45) is 5.10 Å². The van der Waals surface area contributed by atoms with Gasteiger partial charge in [0.05, 0.1) is 12.3 Å². The van der Waals surface area contributed by atoms with Crippen LogP contribution in [0, 0.1) is 12.3 Å². The lowest BCUT2D eigenvalue weighted by atomic mass is 10.0. The van der Waals surface area contributed by atoms with E-state index in [1.54, 1.807) is 6.07 Å². The number of amides is 2. The van der Waals surface area contributed by atoms with Crippen LogP contribution >= 0.6 is 0 Å². The van der Waals surface area contributed by atoms with Gasteiger partial charge < -0.3 is 14.8 Å². The van der Waals surface area contributed by atoms with Gasteiger partial charge in [0.15, 0.2) is 0 Å². The van der Waals surface area contributed by atoms with Gasteiger partial charge in [-0.15, -0.1) is 6.42 Å². The lowest BCUT2D eigenvalue weighted by molar-refractivity contribution is -0.139. The van der Waals surface area contributed by atoms with Crippen LogP contribution in [0.1, 0.15) is 25.8 Å². The van der Waals surface area contributed by atoms with E-state index >= 15 is 0 Å². The van der Waals surface area contributed by atoms with Gasteiger partial charge >= 0.3 is 11.8 Å². The molecule has 2 aromatic carbocycles. The Hall–Kier alpha value is -3.37. The van der Waals surface area contributed by atoms with Gasteiger partial charge in [-0.25, -0.2) is 5.43 Å². The first kappa shape index (κ1) is 21.9. The van der Waals surface area contributed by atoms with Gasteiger partial charge in [0.1, 0.15) is 12.4 Å². The summed E-state index contributed by atoms with van der Waals surface area (Å²) < 4.78 is 10.9. The molecule has 0 saturated carbocycles. The summed E-state index contributed by atoms with van der Waals surface area (Å²) in [6.07, 6.45) is 7.46. The van der Waals surface area contributed by atoms with Crippen LogP contribution in [-0.2, 0) is 14.3 Å². The number of rotatable bonds is 9. The largest absolute Gasteiger partial charge is 0.480 e. The van der Waals surface area contributed by atoms with E-state index in [-0.39, 0.29) is 12.7 Å². The average Bonchev–Trinajstić information content (AvgIpc) is 2.72. The number of fused-ring (bicyclic) bond motifs is 1. The maximum atomic E-state index is 11.9. The molecule has 0 spiro atoms. The van der Waals surface area contributed by atoms with Crippen molar-refractivity contribution in [2.75, 3.05) is 19.8 Å². The molecule has 0 saturated heterocycles. The third-order valence-electron chi connectivity index (χ3n) is 3.87. The Morgan fingerprint density at radius 2 is 2.00 bits per heavy atom. The van der Waals surface area contributed by atoms with Gasteiger partial charge in [0.2, 0.25) is 0 Å². The minimum Gasteiger partial charge on any atom is -0.480 e. The summed E-state index contributed by atoms with van der Waals surface area (Å²) in [5.41, 5.74) is 2.89. The fourth-order valence-electron chi connectivity index (χ4n) is 2.53. The first-order valence-electron chi connectivity index (χ1n) is 9.33. The first-order chi connectivity index (χ1) is 14.0. The molecule has 7 heteroatoms. The quantitative estimate of drug-likeness (QED) is 0.224. The first-order valence-corrected chi connectivity index (χ1v) is 9.33. The normalized spacial score (nSPS) is 10.8. The predicted octanol–water partition coefficient (Wildman–Crippen LogP) is 2.23. The molecule has 0 fully saturated rings. The van der Waals surface area contributed by atoms with Crippen LogP contribution < -0.4 is 15.5 Å². The molecule has 0 aliphatic carbocycles. The predicted molar refractivity (Wildman–Crippen MR) is 113 cm³/mol. The summed E-state index contributed by atoms with van der Waals surface area (Å²) in [4.78, 5) is 23.7. The van der Waals surface area contributed by atoms with Crippen LogP contribution in [0.15, 0.2) is 41.5 Å². The molecule has 7 nitrogen and oxygen atoms in total. The summed E-state index contributed by atoms with van der Waals surface area (Å²) in [5.74, 6) is 1.35. The van der Waals surface area contributed by atoms with Crippen molar-refractivity contribution in [2.45, 2.75) is 26.4 Å². The molecule has 0 radical (unpaired) electrons. The second-order valence-electron chi connectivity index (χ2n) is 6.42. The summed E-state index contributed by atoms with van der Waals surface area (Å²) in [6, 6.07) is 11.4. The molecule has 0 unspecified atom stereocenters. The Morgan fingerprint density at radius 3 is 2.76 bits per heavy atom. The maximum absolute atomic E-state index is 11.9. The molecular weight excluding hydrogens is 370 g/mol. The molecule has 29 heavy (non-hydrogen) atoms. The van der Waals surface area contributed by atoms with Crippen LogP contribution in [0.25, 0.3) is 10.8 Å². The Bertz CT molecular complexity index is 916. The van der Waals surface area contributed by atoms with Crippen molar-refractivity contribution in [1.29, 1.82) is 0 Å². The minimum absolute atomic E-state index is 0.106. The topological polar surface area (TPSA) is 89.0 Å². The third kappa shape index (κ3) is 6.94. The van der Waals surface area contributed by atoms with E-state index in [0.717, 1.165) is 10.8 Å². The van der Waals surface area contributed by atoms with Gasteiger partial charge in [-0.05, 0) is 37.1 Å². The van der Waals surface area contributed by atoms with Crippen LogP contribution in [0.4, 0.5) is 0 Å². The van der Waals surface area contributed by atoms with E-state index in [1.807, 2.05) is 44.2 Å². The highest BCUT2D eigenvalue weighted by Crippen LogP contribution is 2.26. The number of carbonyl (C=O) groups is 2. The molecule has 2 amide bonds. The molecule has 2 aromatic rings. The fourth-order valence-corrected chi connectivity index (χ4v) is 2.53. The molecule has 0 aliphatic heterocycles. The Morgan fingerprint density at radius 1 is 1.21 bits per heavy atom. The lowest BCUT2D eigenvalue weighted by Gasteiger charge is -2.10. The highest BCUT2D eigenvalue weighted by molar-refractivity contribution is 6.35. The number of benzene rings is 2. The van der Waals surface area contributed by atoms with Crippen LogP contribution in [0.2, 0.25) is 0 Å². The molecule has 2 rings (SSSR count). The third-order valence-corrected chi connectivity index (χ3v) is 3.87. The Kier molecular flexibility index (Phi) is 8.67. The van der Waals surface area contributed by atoms with Crippen molar-refractivity contribution < 1.29 is 19.1 Å². The molecule has 0 atom stereocenters. The van der Waals surface area contributed by atoms with Crippen LogP contribution in [0.3, 0.4) is 0 Å². The standard InChI is InChI=1S/C22H25N3O4/c1-4-13-29-20-11-10-17-8-5-6-9-18(17)19(20)15-24-25-22(27)21(26)23-12-7-14-28-16(2)3/h1,5-6,8-11,15-16H,7,12-14H2,2-3H3,(H,23,26)(H,25,27)/b24-15-. The highest BCUT2D eigenvalue weighted by atomic mass is 16.5. The molecule has 0 aliphatic rings. The number of terminal acetylenes is 1. The fraction of sp³-hybridized carbons (Fsp3) is 0.318. The highest BCUT2D eigenvalue weighted by Gasteiger charge is 2.12. The summed E-state index contributed by atoms with van der Waals surface area (Å²) in [6.45, 7) is 4.83. The van der Waals surface area contributed by atoms with E-state index in [9.17, 15) is 9.59 Å². The van der Waals surface area contributed by atoms with Gasteiger partial charge in [0, 0.05) is 18.7 Å². The molecule has 2 N–H and O–H groups in total. The number of hydrogen-bond donors (Lipinski definition) is 2. The zero-order chi connectivity index (χ0) is 21.1. The number of nitrogens with one attached hydrogen (secondary N) is 2. The second-order valence-corrected chi connectivity index (χ2v) is 6.42. The maximum Gasteiger partial charge on any atom is 0.329 e. The Balaban J connectivity index is 1.98. The number of hydrazone groups is 1. The second kappa shape index (κ2) is 11.5. The van der Waals surface area contributed by atoms with E-state index in [1.165, 1.54) is 6.21 Å². The van der Waals surface area contributed by atoms with E-state index in [2.05, 4.69) is 21.8 Å². The molecule has 0 aromatic heterocycles. The summed E-state index contributed by atoms with van der Waals surface area (Å²) in [5, 5.41) is 8.29. The zero-order valence-corrected chi connectivity index (χ0v) is 16.6. The molecular formula is C22H25N3O4.